The zero-order chi connectivity index (χ0) is 11.9. The summed E-state index contributed by atoms with van der Waals surface area (Å²) < 4.78 is 0. The van der Waals surface area contributed by atoms with E-state index < -0.39 is 0 Å². The number of hydrogen-bond donors (Lipinski definition) is 1. The van der Waals surface area contributed by atoms with Crippen molar-refractivity contribution in [2.24, 2.45) is 5.92 Å². The van der Waals surface area contributed by atoms with Gasteiger partial charge >= 0.3 is 0 Å². The second-order valence-electron chi connectivity index (χ2n) is 4.14. The van der Waals surface area contributed by atoms with Crippen LogP contribution in [0.2, 0.25) is 0 Å². The highest BCUT2D eigenvalue weighted by Crippen LogP contribution is 2.08. The minimum Gasteiger partial charge on any atom is -0.317 e. The Kier molecular flexibility index (Phi) is 19.0. The Bertz CT molecular complexity index is 81.3. The van der Waals surface area contributed by atoms with Gasteiger partial charge in [0.05, 0.1) is 0 Å². The third kappa shape index (κ3) is 16.6. The van der Waals surface area contributed by atoms with Gasteiger partial charge in [-0.3, -0.25) is 0 Å². The maximum Gasteiger partial charge on any atom is -0.00464 e. The zero-order valence-electron chi connectivity index (χ0n) is 11.7. The molecule has 0 atom stereocenters. The molecule has 1 heteroatoms. The van der Waals surface area contributed by atoms with Crippen LogP contribution in [0.1, 0.15) is 73.1 Å². The predicted molar refractivity (Wildman–Crippen MR) is 72.4 cm³/mol. The van der Waals surface area contributed by atoms with E-state index in [9.17, 15) is 0 Å². The second-order valence-corrected chi connectivity index (χ2v) is 4.14. The minimum atomic E-state index is 0.973. The normalized spacial score (nSPS) is 15.8. The highest BCUT2D eigenvalue weighted by atomic mass is 14.9. The molecule has 0 aromatic heterocycles. The summed E-state index contributed by atoms with van der Waals surface area (Å²) in [7, 11) is 0. The maximum absolute atomic E-state index is 3.32. The molecule has 1 heterocycles. The molecule has 0 unspecified atom stereocenters. The second kappa shape index (κ2) is 16.4. The standard InChI is InChI=1S/C6H13N.C6H14.C2H6/c1-6-2-4-7-5-3-6;1-3-5-6-4-2;1-2/h6-7H,2-5H2,1H3;3-6H2,1-2H3;1-2H3. The van der Waals surface area contributed by atoms with Gasteiger partial charge in [0.1, 0.15) is 0 Å². The first-order valence-electron chi connectivity index (χ1n) is 7.02. The van der Waals surface area contributed by atoms with Crippen LogP contribution in [0.5, 0.6) is 0 Å². The molecule has 0 aromatic rings. The molecule has 0 aliphatic carbocycles. The van der Waals surface area contributed by atoms with Crippen LogP contribution in [0.3, 0.4) is 0 Å². The largest absolute Gasteiger partial charge is 0.317 e. The lowest BCUT2D eigenvalue weighted by Crippen LogP contribution is -2.26. The van der Waals surface area contributed by atoms with Gasteiger partial charge in [0.15, 0.2) is 0 Å². The third-order valence-electron chi connectivity index (χ3n) is 2.58. The molecule has 0 amide bonds. The topological polar surface area (TPSA) is 12.0 Å². The van der Waals surface area contributed by atoms with Gasteiger partial charge in [0.25, 0.3) is 0 Å². The van der Waals surface area contributed by atoms with Crippen LogP contribution in [-0.2, 0) is 0 Å². The number of piperidine rings is 1. The first-order chi connectivity index (χ1) is 7.31. The molecule has 0 saturated carbocycles. The third-order valence-corrected chi connectivity index (χ3v) is 2.58. The van der Waals surface area contributed by atoms with Gasteiger partial charge in [-0.15, -0.1) is 0 Å². The van der Waals surface area contributed by atoms with Crippen LogP contribution >= 0.6 is 0 Å². The first-order valence-corrected chi connectivity index (χ1v) is 7.02. The van der Waals surface area contributed by atoms with Gasteiger partial charge in [0.2, 0.25) is 0 Å². The molecule has 1 fully saturated rings. The Morgan fingerprint density at radius 2 is 1.33 bits per heavy atom. The number of rotatable bonds is 3. The van der Waals surface area contributed by atoms with Crippen molar-refractivity contribution in [1.82, 2.24) is 5.32 Å². The lowest BCUT2D eigenvalue weighted by molar-refractivity contribution is 0.402. The van der Waals surface area contributed by atoms with E-state index in [4.69, 9.17) is 0 Å². The maximum atomic E-state index is 3.32. The van der Waals surface area contributed by atoms with Gasteiger partial charge < -0.3 is 5.32 Å². The molecule has 15 heavy (non-hydrogen) atoms. The molecule has 1 rings (SSSR count). The van der Waals surface area contributed by atoms with Crippen molar-refractivity contribution < 1.29 is 0 Å². The summed E-state index contributed by atoms with van der Waals surface area (Å²) >= 11 is 0. The fourth-order valence-electron chi connectivity index (χ4n) is 1.47. The summed E-state index contributed by atoms with van der Waals surface area (Å²) in [6, 6.07) is 0. The van der Waals surface area contributed by atoms with Crippen molar-refractivity contribution >= 4 is 0 Å². The number of unbranched alkanes of at least 4 members (excludes halogenated alkanes) is 3. The van der Waals surface area contributed by atoms with Crippen LogP contribution in [0.4, 0.5) is 0 Å². The van der Waals surface area contributed by atoms with E-state index in [2.05, 4.69) is 26.1 Å². The minimum absolute atomic E-state index is 0.973. The molecule has 1 aliphatic heterocycles. The molecule has 1 saturated heterocycles. The van der Waals surface area contributed by atoms with E-state index >= 15 is 0 Å². The van der Waals surface area contributed by atoms with Crippen molar-refractivity contribution in [2.45, 2.75) is 73.1 Å². The summed E-state index contributed by atoms with van der Waals surface area (Å²) in [6.45, 7) is 13.3. The molecular formula is C14H33N. The zero-order valence-corrected chi connectivity index (χ0v) is 11.7. The highest BCUT2D eigenvalue weighted by Gasteiger charge is 2.04. The van der Waals surface area contributed by atoms with Crippen molar-refractivity contribution in [3.8, 4) is 0 Å². The summed E-state index contributed by atoms with van der Waals surface area (Å²) in [4.78, 5) is 0. The van der Waals surface area contributed by atoms with Crippen LogP contribution in [-0.4, -0.2) is 13.1 Å². The average Bonchev–Trinajstić information content (AvgIpc) is 2.31. The average molecular weight is 215 g/mol. The van der Waals surface area contributed by atoms with E-state index in [0.717, 1.165) is 5.92 Å². The van der Waals surface area contributed by atoms with Gasteiger partial charge in [-0.2, -0.15) is 0 Å². The molecular weight excluding hydrogens is 182 g/mol. The van der Waals surface area contributed by atoms with Crippen LogP contribution in [0, 0.1) is 5.92 Å². The fourth-order valence-corrected chi connectivity index (χ4v) is 1.47. The van der Waals surface area contributed by atoms with E-state index in [0.29, 0.717) is 0 Å². The predicted octanol–water partition coefficient (Wildman–Crippen LogP) is 4.62. The SMILES string of the molecule is CC.CC1CCNCC1.CCCCCC. The van der Waals surface area contributed by atoms with E-state index in [1.165, 1.54) is 51.6 Å². The van der Waals surface area contributed by atoms with Crippen LogP contribution < -0.4 is 5.32 Å². The van der Waals surface area contributed by atoms with Gasteiger partial charge in [-0.1, -0.05) is 60.3 Å². The Morgan fingerprint density at radius 1 is 0.933 bits per heavy atom. The Labute approximate surface area is 98.0 Å². The summed E-state index contributed by atoms with van der Waals surface area (Å²) in [5.74, 6) is 0.973. The molecule has 0 aromatic carbocycles. The molecule has 1 nitrogen and oxygen atoms in total. The molecule has 0 radical (unpaired) electrons. The smallest absolute Gasteiger partial charge is 0.00464 e. The molecule has 1 aliphatic rings. The Morgan fingerprint density at radius 3 is 1.53 bits per heavy atom. The summed E-state index contributed by atoms with van der Waals surface area (Å²) in [5, 5.41) is 3.32. The van der Waals surface area contributed by atoms with Crippen molar-refractivity contribution in [3.05, 3.63) is 0 Å². The van der Waals surface area contributed by atoms with Crippen molar-refractivity contribution in [3.63, 3.8) is 0 Å². The quantitative estimate of drug-likeness (QED) is 0.677. The van der Waals surface area contributed by atoms with Gasteiger partial charge in [0, 0.05) is 0 Å². The number of nitrogens with one attached hydrogen (secondary N) is 1. The lowest BCUT2D eigenvalue weighted by Gasteiger charge is -2.17. The van der Waals surface area contributed by atoms with E-state index in [1.807, 2.05) is 13.8 Å². The van der Waals surface area contributed by atoms with E-state index in [-0.39, 0.29) is 0 Å². The van der Waals surface area contributed by atoms with Crippen LogP contribution in [0.15, 0.2) is 0 Å². The molecule has 0 bridgehead atoms. The van der Waals surface area contributed by atoms with Gasteiger partial charge in [-0.05, 0) is 31.8 Å². The van der Waals surface area contributed by atoms with Crippen molar-refractivity contribution in [1.29, 1.82) is 0 Å². The monoisotopic (exact) mass is 215 g/mol. The Balaban J connectivity index is 0. The number of hydrogen-bond acceptors (Lipinski definition) is 1. The Hall–Kier alpha value is -0.0400. The summed E-state index contributed by atoms with van der Waals surface area (Å²) in [6.07, 6.45) is 8.29. The molecule has 0 spiro atoms. The summed E-state index contributed by atoms with van der Waals surface area (Å²) in [5.41, 5.74) is 0. The fraction of sp³-hybridized carbons (Fsp3) is 1.00. The highest BCUT2D eigenvalue weighted by molar-refractivity contribution is 4.62. The van der Waals surface area contributed by atoms with Gasteiger partial charge in [-0.25, -0.2) is 0 Å². The molecule has 1 N–H and O–H groups in total. The van der Waals surface area contributed by atoms with E-state index in [1.54, 1.807) is 0 Å². The van der Waals surface area contributed by atoms with Crippen LogP contribution in [0.25, 0.3) is 0 Å². The van der Waals surface area contributed by atoms with Crippen molar-refractivity contribution in [2.75, 3.05) is 13.1 Å². The lowest BCUT2D eigenvalue weighted by atomic mass is 10.0. The molecule has 94 valence electrons. The first kappa shape index (κ1) is 17.4.